The first-order chi connectivity index (χ1) is 10.5. The number of ether oxygens (including phenoxy) is 1. The van der Waals surface area contributed by atoms with Crippen LogP contribution in [0.15, 0.2) is 48.5 Å². The molecule has 2 aromatic carbocycles. The van der Waals surface area contributed by atoms with Crippen molar-refractivity contribution in [3.63, 3.8) is 0 Å². The molecule has 0 fully saturated rings. The second-order valence-corrected chi connectivity index (χ2v) is 5.66. The lowest BCUT2D eigenvalue weighted by molar-refractivity contribution is -0.127. The maximum atomic E-state index is 12.3. The van der Waals surface area contributed by atoms with Crippen molar-refractivity contribution in [1.82, 2.24) is 5.32 Å². The Balaban J connectivity index is 1.98. The number of benzene rings is 2. The summed E-state index contributed by atoms with van der Waals surface area (Å²) in [6, 6.07) is 15.6. The highest BCUT2D eigenvalue weighted by atomic mass is 16.5. The zero-order chi connectivity index (χ0) is 16.1. The summed E-state index contributed by atoms with van der Waals surface area (Å²) in [5.74, 6) is 0.584. The molecule has 0 aliphatic rings. The van der Waals surface area contributed by atoms with Gasteiger partial charge in [-0.2, -0.15) is 0 Å². The smallest absolute Gasteiger partial charge is 0.261 e. The number of carbonyl (C=O) groups excluding carboxylic acids is 1. The maximum Gasteiger partial charge on any atom is 0.261 e. The van der Waals surface area contributed by atoms with E-state index in [9.17, 15) is 4.79 Å². The molecule has 2 rings (SSSR count). The first-order valence-electron chi connectivity index (χ1n) is 7.56. The largest absolute Gasteiger partial charge is 0.481 e. The highest BCUT2D eigenvalue weighted by Gasteiger charge is 2.18. The summed E-state index contributed by atoms with van der Waals surface area (Å²) >= 11 is 0. The van der Waals surface area contributed by atoms with Crippen molar-refractivity contribution in [2.24, 2.45) is 0 Å². The molecule has 0 unspecified atom stereocenters. The zero-order valence-corrected chi connectivity index (χ0v) is 13.6. The minimum atomic E-state index is -0.532. The summed E-state index contributed by atoms with van der Waals surface area (Å²) in [6.07, 6.45) is -0.532. The van der Waals surface area contributed by atoms with Crippen LogP contribution < -0.4 is 10.1 Å². The Morgan fingerprint density at radius 3 is 2.36 bits per heavy atom. The predicted molar refractivity (Wildman–Crippen MR) is 89.0 cm³/mol. The van der Waals surface area contributed by atoms with Crippen molar-refractivity contribution >= 4 is 5.91 Å². The van der Waals surface area contributed by atoms with Crippen LogP contribution in [0.2, 0.25) is 0 Å². The molecule has 2 aromatic rings. The van der Waals surface area contributed by atoms with Crippen molar-refractivity contribution in [3.05, 3.63) is 65.2 Å². The van der Waals surface area contributed by atoms with Crippen LogP contribution in [-0.4, -0.2) is 12.0 Å². The SMILES string of the molecule is Cc1ccc([C@@H](C)NC(=O)[C@@H](C)Oc2ccccc2)c(C)c1. The van der Waals surface area contributed by atoms with Gasteiger partial charge in [0.2, 0.25) is 0 Å². The number of carbonyl (C=O) groups is 1. The van der Waals surface area contributed by atoms with Crippen LogP contribution in [0.1, 0.15) is 36.6 Å². The van der Waals surface area contributed by atoms with E-state index < -0.39 is 6.10 Å². The summed E-state index contributed by atoms with van der Waals surface area (Å²) in [4.78, 5) is 12.3. The Kier molecular flexibility index (Phi) is 5.21. The highest BCUT2D eigenvalue weighted by molar-refractivity contribution is 5.81. The van der Waals surface area contributed by atoms with Crippen LogP contribution in [0, 0.1) is 13.8 Å². The van der Waals surface area contributed by atoms with Crippen LogP contribution in [0.25, 0.3) is 0 Å². The Morgan fingerprint density at radius 1 is 1.05 bits per heavy atom. The van der Waals surface area contributed by atoms with E-state index >= 15 is 0 Å². The fourth-order valence-electron chi connectivity index (χ4n) is 2.48. The third-order valence-electron chi connectivity index (χ3n) is 3.68. The minimum Gasteiger partial charge on any atom is -0.481 e. The molecule has 0 saturated heterocycles. The fraction of sp³-hybridized carbons (Fsp3) is 0.316. The van der Waals surface area contributed by atoms with Gasteiger partial charge in [-0.1, -0.05) is 42.0 Å². The molecule has 0 spiro atoms. The molecule has 0 bridgehead atoms. The molecule has 0 saturated carbocycles. The number of aryl methyl sites for hydroxylation is 2. The van der Waals surface area contributed by atoms with Crippen LogP contribution >= 0.6 is 0 Å². The second kappa shape index (κ2) is 7.12. The number of hydrogen-bond donors (Lipinski definition) is 1. The summed E-state index contributed by atoms with van der Waals surface area (Å²) < 4.78 is 5.65. The van der Waals surface area contributed by atoms with Gasteiger partial charge in [-0.25, -0.2) is 0 Å². The molecule has 0 aromatic heterocycles. The van der Waals surface area contributed by atoms with Gasteiger partial charge in [0, 0.05) is 0 Å². The van der Waals surface area contributed by atoms with Crippen molar-refractivity contribution in [2.45, 2.75) is 39.8 Å². The number of rotatable bonds is 5. The number of nitrogens with one attached hydrogen (secondary N) is 1. The number of para-hydroxylation sites is 1. The van der Waals surface area contributed by atoms with Gasteiger partial charge in [-0.3, -0.25) is 4.79 Å². The Morgan fingerprint density at radius 2 is 1.73 bits per heavy atom. The summed E-state index contributed by atoms with van der Waals surface area (Å²) in [7, 11) is 0. The second-order valence-electron chi connectivity index (χ2n) is 5.66. The average molecular weight is 297 g/mol. The fourth-order valence-corrected chi connectivity index (χ4v) is 2.48. The summed E-state index contributed by atoms with van der Waals surface area (Å²) in [5.41, 5.74) is 3.54. The quantitative estimate of drug-likeness (QED) is 0.907. The predicted octanol–water partition coefficient (Wildman–Crippen LogP) is 3.95. The molecule has 3 heteroatoms. The van der Waals surface area contributed by atoms with Gasteiger partial charge in [0.15, 0.2) is 6.10 Å². The van der Waals surface area contributed by atoms with E-state index in [0.29, 0.717) is 5.75 Å². The Bertz CT molecular complexity index is 637. The molecule has 0 radical (unpaired) electrons. The van der Waals surface area contributed by atoms with E-state index in [-0.39, 0.29) is 11.9 Å². The molecular weight excluding hydrogens is 274 g/mol. The van der Waals surface area contributed by atoms with Crippen LogP contribution in [-0.2, 0) is 4.79 Å². The molecule has 116 valence electrons. The molecule has 0 aliphatic heterocycles. The summed E-state index contributed by atoms with van der Waals surface area (Å²) in [5, 5.41) is 3.01. The first-order valence-corrected chi connectivity index (χ1v) is 7.56. The standard InChI is InChI=1S/C19H23NO2/c1-13-10-11-18(14(2)12-13)15(3)20-19(21)16(4)22-17-8-6-5-7-9-17/h5-12,15-16H,1-4H3,(H,20,21)/t15-,16-/m1/s1. The van der Waals surface area contributed by atoms with Crippen LogP contribution in [0.3, 0.4) is 0 Å². The lowest BCUT2D eigenvalue weighted by atomic mass is 10.0. The van der Waals surface area contributed by atoms with Crippen molar-refractivity contribution in [1.29, 1.82) is 0 Å². The lowest BCUT2D eigenvalue weighted by Gasteiger charge is -2.20. The molecule has 3 nitrogen and oxygen atoms in total. The van der Waals surface area contributed by atoms with Crippen molar-refractivity contribution in [3.8, 4) is 5.75 Å². The van der Waals surface area contributed by atoms with E-state index in [1.807, 2.05) is 37.3 Å². The van der Waals surface area contributed by atoms with Gasteiger partial charge in [-0.05, 0) is 51.0 Å². The van der Waals surface area contributed by atoms with E-state index in [4.69, 9.17) is 4.74 Å². The van der Waals surface area contributed by atoms with Crippen molar-refractivity contribution in [2.75, 3.05) is 0 Å². The zero-order valence-electron chi connectivity index (χ0n) is 13.6. The molecule has 2 atom stereocenters. The normalized spacial score (nSPS) is 13.3. The van der Waals surface area contributed by atoms with Crippen molar-refractivity contribution < 1.29 is 9.53 Å². The lowest BCUT2D eigenvalue weighted by Crippen LogP contribution is -2.37. The van der Waals surface area contributed by atoms with E-state index in [2.05, 4.69) is 37.4 Å². The van der Waals surface area contributed by atoms with Gasteiger partial charge in [0.05, 0.1) is 6.04 Å². The molecule has 1 amide bonds. The van der Waals surface area contributed by atoms with Gasteiger partial charge in [-0.15, -0.1) is 0 Å². The highest BCUT2D eigenvalue weighted by Crippen LogP contribution is 2.19. The Labute approximate surface area is 132 Å². The van der Waals surface area contributed by atoms with E-state index in [1.54, 1.807) is 6.92 Å². The molecule has 0 aliphatic carbocycles. The molecule has 1 N–H and O–H groups in total. The molecule has 22 heavy (non-hydrogen) atoms. The molecular formula is C19H23NO2. The van der Waals surface area contributed by atoms with Gasteiger partial charge in [0.25, 0.3) is 5.91 Å². The number of amides is 1. The van der Waals surface area contributed by atoms with Gasteiger partial charge in [0.1, 0.15) is 5.75 Å². The first kappa shape index (κ1) is 16.1. The minimum absolute atomic E-state index is 0.0464. The molecule has 0 heterocycles. The van der Waals surface area contributed by atoms with E-state index in [1.165, 1.54) is 11.1 Å². The third-order valence-corrected chi connectivity index (χ3v) is 3.68. The van der Waals surface area contributed by atoms with Gasteiger partial charge >= 0.3 is 0 Å². The van der Waals surface area contributed by atoms with Gasteiger partial charge < -0.3 is 10.1 Å². The Hall–Kier alpha value is -2.29. The average Bonchev–Trinajstić information content (AvgIpc) is 2.47. The third kappa shape index (κ3) is 4.10. The van der Waals surface area contributed by atoms with Crippen LogP contribution in [0.5, 0.6) is 5.75 Å². The topological polar surface area (TPSA) is 38.3 Å². The van der Waals surface area contributed by atoms with E-state index in [0.717, 1.165) is 5.56 Å². The maximum absolute atomic E-state index is 12.3. The van der Waals surface area contributed by atoms with Crippen LogP contribution in [0.4, 0.5) is 0 Å². The summed E-state index contributed by atoms with van der Waals surface area (Å²) in [6.45, 7) is 7.88. The monoisotopic (exact) mass is 297 g/mol. The number of hydrogen-bond acceptors (Lipinski definition) is 2.